The van der Waals surface area contributed by atoms with Gasteiger partial charge in [0.1, 0.15) is 12.4 Å². The summed E-state index contributed by atoms with van der Waals surface area (Å²) >= 11 is 0. The van der Waals surface area contributed by atoms with Crippen LogP contribution in [0, 0.1) is 5.92 Å². The van der Waals surface area contributed by atoms with Crippen LogP contribution < -0.4 is 15.4 Å². The van der Waals surface area contributed by atoms with E-state index >= 15 is 0 Å². The van der Waals surface area contributed by atoms with Gasteiger partial charge in [0.05, 0.1) is 6.54 Å². The first-order chi connectivity index (χ1) is 9.34. The minimum absolute atomic E-state index is 0.128. The zero-order valence-corrected chi connectivity index (χ0v) is 11.2. The van der Waals surface area contributed by atoms with Crippen LogP contribution in [0.4, 0.5) is 0 Å². The molecule has 0 aromatic heterocycles. The largest absolute Gasteiger partial charge is 0.492 e. The second kappa shape index (κ2) is 7.79. The van der Waals surface area contributed by atoms with Crippen molar-refractivity contribution in [2.75, 3.05) is 26.2 Å². The zero-order valence-electron chi connectivity index (χ0n) is 11.2. The predicted octanol–water partition coefficient (Wildman–Crippen LogP) is 1.57. The van der Waals surface area contributed by atoms with Crippen LogP contribution in [0.1, 0.15) is 19.3 Å². The van der Waals surface area contributed by atoms with E-state index in [4.69, 9.17) is 4.74 Å². The third-order valence-electron chi connectivity index (χ3n) is 3.38. The second-order valence-corrected chi connectivity index (χ2v) is 4.91. The molecule has 0 spiro atoms. The molecule has 2 N–H and O–H groups in total. The van der Waals surface area contributed by atoms with Gasteiger partial charge in [-0.2, -0.15) is 0 Å². The average Bonchev–Trinajstić information content (AvgIpc) is 2.96. The van der Waals surface area contributed by atoms with E-state index in [0.29, 0.717) is 25.5 Å². The summed E-state index contributed by atoms with van der Waals surface area (Å²) in [5, 5.41) is 6.21. The summed E-state index contributed by atoms with van der Waals surface area (Å²) in [5.74, 6) is 1.64. The molecule has 4 nitrogen and oxygen atoms in total. The van der Waals surface area contributed by atoms with Gasteiger partial charge in [0.25, 0.3) is 0 Å². The summed E-state index contributed by atoms with van der Waals surface area (Å²) in [5.41, 5.74) is 0. The van der Waals surface area contributed by atoms with Crippen molar-refractivity contribution in [3.63, 3.8) is 0 Å². The third-order valence-corrected chi connectivity index (χ3v) is 3.38. The quantitative estimate of drug-likeness (QED) is 0.733. The number of carbonyl (C=O) groups is 1. The highest BCUT2D eigenvalue weighted by Crippen LogP contribution is 2.13. The number of amides is 1. The molecule has 1 aromatic carbocycles. The highest BCUT2D eigenvalue weighted by atomic mass is 16.5. The maximum atomic E-state index is 11.6. The molecule has 1 aliphatic rings. The zero-order chi connectivity index (χ0) is 13.3. The molecular formula is C15H22N2O2. The number of hydrogen-bond acceptors (Lipinski definition) is 3. The molecule has 1 unspecified atom stereocenters. The van der Waals surface area contributed by atoms with E-state index in [1.807, 2.05) is 30.3 Å². The van der Waals surface area contributed by atoms with Crippen LogP contribution in [0.2, 0.25) is 0 Å². The number of ether oxygens (including phenoxy) is 1. The molecule has 0 radical (unpaired) electrons. The Bertz CT molecular complexity index is 375. The van der Waals surface area contributed by atoms with Gasteiger partial charge in [-0.15, -0.1) is 0 Å². The summed E-state index contributed by atoms with van der Waals surface area (Å²) in [6.45, 7) is 3.24. The van der Waals surface area contributed by atoms with E-state index in [1.165, 1.54) is 6.42 Å². The molecule has 0 aliphatic carbocycles. The Balaban J connectivity index is 1.51. The van der Waals surface area contributed by atoms with Gasteiger partial charge in [-0.3, -0.25) is 4.79 Å². The maximum absolute atomic E-state index is 11.6. The van der Waals surface area contributed by atoms with Crippen LogP contribution in [0.3, 0.4) is 0 Å². The van der Waals surface area contributed by atoms with Crippen molar-refractivity contribution >= 4 is 5.91 Å². The van der Waals surface area contributed by atoms with E-state index in [1.54, 1.807) is 0 Å². The summed E-state index contributed by atoms with van der Waals surface area (Å²) < 4.78 is 5.51. The van der Waals surface area contributed by atoms with E-state index in [2.05, 4.69) is 10.6 Å². The van der Waals surface area contributed by atoms with Crippen molar-refractivity contribution in [2.24, 2.45) is 5.92 Å². The minimum atomic E-state index is 0.128. The molecular weight excluding hydrogens is 240 g/mol. The molecule has 0 bridgehead atoms. The Labute approximate surface area is 114 Å². The molecule has 0 saturated carbocycles. The number of rotatable bonds is 7. The Morgan fingerprint density at radius 2 is 2.21 bits per heavy atom. The lowest BCUT2D eigenvalue weighted by atomic mass is 10.0. The van der Waals surface area contributed by atoms with Crippen molar-refractivity contribution in [3.05, 3.63) is 30.3 Å². The molecule has 1 aliphatic heterocycles. The van der Waals surface area contributed by atoms with Crippen LogP contribution in [-0.4, -0.2) is 32.1 Å². The normalized spacial score (nSPS) is 18.2. The van der Waals surface area contributed by atoms with E-state index in [-0.39, 0.29) is 5.91 Å². The molecule has 104 valence electrons. The number of benzene rings is 1. The molecule has 1 atom stereocenters. The number of hydrogen-bond donors (Lipinski definition) is 2. The van der Waals surface area contributed by atoms with Gasteiger partial charge < -0.3 is 15.4 Å². The van der Waals surface area contributed by atoms with Gasteiger partial charge in [0.2, 0.25) is 5.91 Å². The van der Waals surface area contributed by atoms with E-state index < -0.39 is 0 Å². The van der Waals surface area contributed by atoms with Crippen molar-refractivity contribution in [1.82, 2.24) is 10.6 Å². The topological polar surface area (TPSA) is 50.4 Å². The molecule has 1 aromatic rings. The van der Waals surface area contributed by atoms with E-state index in [9.17, 15) is 4.79 Å². The average molecular weight is 262 g/mol. The Morgan fingerprint density at radius 1 is 1.37 bits per heavy atom. The lowest BCUT2D eigenvalue weighted by Gasteiger charge is -2.09. The van der Waals surface area contributed by atoms with Crippen LogP contribution in [-0.2, 0) is 4.79 Å². The summed E-state index contributed by atoms with van der Waals surface area (Å²) in [4.78, 5) is 11.6. The monoisotopic (exact) mass is 262 g/mol. The Morgan fingerprint density at radius 3 is 2.95 bits per heavy atom. The fourth-order valence-electron chi connectivity index (χ4n) is 2.26. The molecule has 2 rings (SSSR count). The van der Waals surface area contributed by atoms with E-state index in [0.717, 1.165) is 25.3 Å². The second-order valence-electron chi connectivity index (χ2n) is 4.91. The van der Waals surface area contributed by atoms with Gasteiger partial charge in [-0.1, -0.05) is 18.2 Å². The van der Waals surface area contributed by atoms with Crippen molar-refractivity contribution in [1.29, 1.82) is 0 Å². The van der Waals surface area contributed by atoms with Gasteiger partial charge in [0.15, 0.2) is 0 Å². The SMILES string of the molecule is O=C(CCC1CCNC1)NCCOc1ccccc1. The fraction of sp³-hybridized carbons (Fsp3) is 0.533. The predicted molar refractivity (Wildman–Crippen MR) is 75.2 cm³/mol. The first-order valence-electron chi connectivity index (χ1n) is 7.00. The van der Waals surface area contributed by atoms with Gasteiger partial charge >= 0.3 is 0 Å². The number of carbonyl (C=O) groups excluding carboxylic acids is 1. The Hall–Kier alpha value is -1.55. The first kappa shape index (κ1) is 13.9. The number of nitrogens with one attached hydrogen (secondary N) is 2. The molecule has 1 fully saturated rings. The molecule has 1 saturated heterocycles. The van der Waals surface area contributed by atoms with Crippen LogP contribution in [0.5, 0.6) is 5.75 Å². The van der Waals surface area contributed by atoms with Crippen molar-refractivity contribution in [2.45, 2.75) is 19.3 Å². The molecule has 1 amide bonds. The van der Waals surface area contributed by atoms with Gasteiger partial charge in [-0.05, 0) is 44.0 Å². The summed E-state index contributed by atoms with van der Waals surface area (Å²) in [7, 11) is 0. The Kier molecular flexibility index (Phi) is 5.69. The number of para-hydroxylation sites is 1. The summed E-state index contributed by atoms with van der Waals surface area (Å²) in [6.07, 6.45) is 2.81. The maximum Gasteiger partial charge on any atom is 0.220 e. The summed E-state index contributed by atoms with van der Waals surface area (Å²) in [6, 6.07) is 9.64. The standard InChI is InChI=1S/C15H22N2O2/c18-15(7-6-13-8-9-16-12-13)17-10-11-19-14-4-2-1-3-5-14/h1-5,13,16H,6-12H2,(H,17,18). The smallest absolute Gasteiger partial charge is 0.220 e. The van der Waals surface area contributed by atoms with Crippen LogP contribution in [0.15, 0.2) is 30.3 Å². The highest BCUT2D eigenvalue weighted by Gasteiger charge is 2.15. The van der Waals surface area contributed by atoms with Gasteiger partial charge in [-0.25, -0.2) is 0 Å². The molecule has 4 heteroatoms. The third kappa shape index (κ3) is 5.30. The lowest BCUT2D eigenvalue weighted by Crippen LogP contribution is -2.28. The van der Waals surface area contributed by atoms with Crippen LogP contribution >= 0.6 is 0 Å². The van der Waals surface area contributed by atoms with Crippen molar-refractivity contribution < 1.29 is 9.53 Å². The highest BCUT2D eigenvalue weighted by molar-refractivity contribution is 5.75. The lowest BCUT2D eigenvalue weighted by molar-refractivity contribution is -0.121. The first-order valence-corrected chi connectivity index (χ1v) is 7.00. The van der Waals surface area contributed by atoms with Crippen molar-refractivity contribution in [3.8, 4) is 5.75 Å². The van der Waals surface area contributed by atoms with Gasteiger partial charge in [0, 0.05) is 6.42 Å². The fourth-order valence-corrected chi connectivity index (χ4v) is 2.26. The minimum Gasteiger partial charge on any atom is -0.492 e. The van der Waals surface area contributed by atoms with Crippen LogP contribution in [0.25, 0.3) is 0 Å². The molecule has 19 heavy (non-hydrogen) atoms. The molecule has 1 heterocycles.